The first kappa shape index (κ1) is 24.6. The Hall–Kier alpha value is -1.55. The van der Waals surface area contributed by atoms with E-state index < -0.39 is 42.9 Å². The van der Waals surface area contributed by atoms with Crippen molar-refractivity contribution in [3.63, 3.8) is 0 Å². The summed E-state index contributed by atoms with van der Waals surface area (Å²) in [6.07, 6.45) is 2.36. The zero-order valence-electron chi connectivity index (χ0n) is 18.1. The molecule has 0 N–H and O–H groups in total. The molecule has 33 heavy (non-hydrogen) atoms. The molecular weight excluding hydrogens is 494 g/mol. The molecule has 3 aliphatic rings. The van der Waals surface area contributed by atoms with E-state index in [1.54, 1.807) is 0 Å². The predicted molar refractivity (Wildman–Crippen MR) is 123 cm³/mol. The summed E-state index contributed by atoms with van der Waals surface area (Å²) in [7, 11) is -4.55. The zero-order valence-corrected chi connectivity index (χ0v) is 20.4. The molecule has 3 aliphatic heterocycles. The van der Waals surface area contributed by atoms with Crippen LogP contribution in [0.4, 0.5) is 8.78 Å². The molecular formula is C23H25ClF2O5S2. The lowest BCUT2D eigenvalue weighted by Crippen LogP contribution is -2.54. The van der Waals surface area contributed by atoms with Gasteiger partial charge in [0.2, 0.25) is 0 Å². The van der Waals surface area contributed by atoms with E-state index in [0.717, 1.165) is 17.9 Å². The molecule has 180 valence electrons. The Balaban J connectivity index is 0.000000318. The third kappa shape index (κ3) is 4.33. The molecule has 10 heteroatoms. The summed E-state index contributed by atoms with van der Waals surface area (Å²) >= 11 is 5.87. The monoisotopic (exact) mass is 518 g/mol. The van der Waals surface area contributed by atoms with Gasteiger partial charge in [0, 0.05) is 39.3 Å². The Kier molecular flexibility index (Phi) is 7.15. The maximum Gasteiger partial charge on any atom is 0.189 e. The van der Waals surface area contributed by atoms with E-state index in [4.69, 9.17) is 21.1 Å². The van der Waals surface area contributed by atoms with Crippen molar-refractivity contribution in [2.24, 2.45) is 5.92 Å². The van der Waals surface area contributed by atoms with E-state index in [9.17, 15) is 21.4 Å². The SMILES string of the molecule is CC1CCCS1=O.O=S(=O)(c1ccc(Cl)cc1)[C@@]12CCOCC1COc1c(F)ccc(F)c12. The molecule has 0 radical (unpaired) electrons. The quantitative estimate of drug-likeness (QED) is 0.579. The molecule has 0 aromatic heterocycles. The number of benzene rings is 2. The Bertz CT molecular complexity index is 1160. The minimum Gasteiger partial charge on any atom is -0.490 e. The second kappa shape index (κ2) is 9.60. The normalized spacial score (nSPS) is 28.7. The van der Waals surface area contributed by atoms with Crippen LogP contribution in [0.3, 0.4) is 0 Å². The topological polar surface area (TPSA) is 69.7 Å². The van der Waals surface area contributed by atoms with E-state index in [-0.39, 0.29) is 42.4 Å². The largest absolute Gasteiger partial charge is 0.490 e. The summed E-state index contributed by atoms with van der Waals surface area (Å²) in [6.45, 7) is 2.20. The average molecular weight is 519 g/mol. The molecule has 2 aromatic carbocycles. The van der Waals surface area contributed by atoms with Crippen LogP contribution in [0.2, 0.25) is 5.02 Å². The van der Waals surface area contributed by atoms with Crippen LogP contribution in [0.1, 0.15) is 31.7 Å². The number of halogens is 3. The molecule has 2 aromatic rings. The van der Waals surface area contributed by atoms with Gasteiger partial charge in [-0.1, -0.05) is 18.5 Å². The Morgan fingerprint density at radius 3 is 2.39 bits per heavy atom. The number of rotatable bonds is 2. The van der Waals surface area contributed by atoms with Gasteiger partial charge in [0.15, 0.2) is 21.4 Å². The van der Waals surface area contributed by atoms with Crippen molar-refractivity contribution in [1.82, 2.24) is 0 Å². The number of ether oxygens (including phenoxy) is 2. The maximum absolute atomic E-state index is 14.8. The van der Waals surface area contributed by atoms with Crippen molar-refractivity contribution >= 4 is 32.2 Å². The first-order valence-electron chi connectivity index (χ1n) is 10.7. The van der Waals surface area contributed by atoms with E-state index in [2.05, 4.69) is 6.92 Å². The van der Waals surface area contributed by atoms with Crippen LogP contribution >= 0.6 is 11.6 Å². The van der Waals surface area contributed by atoms with Gasteiger partial charge in [-0.2, -0.15) is 0 Å². The van der Waals surface area contributed by atoms with Crippen molar-refractivity contribution in [3.05, 3.63) is 58.6 Å². The fraction of sp³-hybridized carbons (Fsp3) is 0.478. The third-order valence-corrected chi connectivity index (χ3v) is 11.2. The first-order valence-corrected chi connectivity index (χ1v) is 14.0. The lowest BCUT2D eigenvalue weighted by atomic mass is 9.79. The molecule has 2 saturated heterocycles. The standard InChI is InChI=1S/C18H15ClF2O4S.C5H10OS/c19-12-1-3-13(4-2-12)26(22,23)18-7-8-24-9-11(18)10-25-17-15(21)6-5-14(20)16(17)18;1-5-3-2-4-7(5)6/h1-6,11H,7-10H2;5H,2-4H2,1H3/t11?,18-;/m0./s1. The van der Waals surface area contributed by atoms with Crippen LogP contribution < -0.4 is 4.74 Å². The number of hydrogen-bond acceptors (Lipinski definition) is 5. The molecule has 3 unspecified atom stereocenters. The summed E-state index contributed by atoms with van der Waals surface area (Å²) in [5.41, 5.74) is -0.244. The van der Waals surface area contributed by atoms with E-state index in [0.29, 0.717) is 10.3 Å². The Morgan fingerprint density at radius 1 is 1.09 bits per heavy atom. The van der Waals surface area contributed by atoms with E-state index in [1.165, 1.54) is 37.1 Å². The maximum atomic E-state index is 14.8. The second-order valence-electron chi connectivity index (χ2n) is 8.45. The van der Waals surface area contributed by atoms with Crippen molar-refractivity contribution in [1.29, 1.82) is 0 Å². The summed E-state index contributed by atoms with van der Waals surface area (Å²) in [6, 6.07) is 7.56. The minimum atomic E-state index is -4.08. The van der Waals surface area contributed by atoms with Gasteiger partial charge in [-0.15, -0.1) is 0 Å². The summed E-state index contributed by atoms with van der Waals surface area (Å²) in [5, 5.41) is 0.870. The lowest BCUT2D eigenvalue weighted by Gasteiger charge is -2.46. The van der Waals surface area contributed by atoms with Gasteiger partial charge >= 0.3 is 0 Å². The molecule has 0 amide bonds. The highest BCUT2D eigenvalue weighted by atomic mass is 35.5. The Labute approximate surface area is 199 Å². The van der Waals surface area contributed by atoms with E-state index in [1.807, 2.05) is 0 Å². The summed E-state index contributed by atoms with van der Waals surface area (Å²) < 4.78 is 76.2. The fourth-order valence-electron chi connectivity index (χ4n) is 4.71. The van der Waals surface area contributed by atoms with Crippen molar-refractivity contribution in [2.45, 2.75) is 41.1 Å². The highest BCUT2D eigenvalue weighted by molar-refractivity contribution is 7.92. The molecule has 5 rings (SSSR count). The van der Waals surface area contributed by atoms with Gasteiger partial charge in [-0.05, 0) is 55.7 Å². The summed E-state index contributed by atoms with van der Waals surface area (Å²) in [4.78, 5) is 0.00492. The average Bonchev–Trinajstić information content (AvgIpc) is 3.18. The molecule has 0 bridgehead atoms. The van der Waals surface area contributed by atoms with Crippen LogP contribution in [0.5, 0.6) is 5.75 Å². The zero-order chi connectivity index (χ0) is 23.8. The van der Waals surface area contributed by atoms with Gasteiger partial charge < -0.3 is 9.47 Å². The number of sulfone groups is 1. The van der Waals surface area contributed by atoms with Crippen LogP contribution in [0.25, 0.3) is 0 Å². The van der Waals surface area contributed by atoms with Crippen LogP contribution in [-0.4, -0.2) is 43.5 Å². The Morgan fingerprint density at radius 2 is 1.79 bits per heavy atom. The van der Waals surface area contributed by atoms with Crippen molar-refractivity contribution in [2.75, 3.05) is 25.6 Å². The smallest absolute Gasteiger partial charge is 0.189 e. The van der Waals surface area contributed by atoms with E-state index >= 15 is 0 Å². The van der Waals surface area contributed by atoms with Gasteiger partial charge in [0.25, 0.3) is 0 Å². The molecule has 3 heterocycles. The van der Waals surface area contributed by atoms with Gasteiger partial charge in [0.05, 0.1) is 23.7 Å². The molecule has 2 fully saturated rings. The van der Waals surface area contributed by atoms with Gasteiger partial charge in [0.1, 0.15) is 10.6 Å². The number of hydrogen-bond donors (Lipinski definition) is 0. The van der Waals surface area contributed by atoms with Crippen molar-refractivity contribution < 1.29 is 30.9 Å². The molecule has 4 atom stereocenters. The minimum absolute atomic E-state index is 0.00492. The van der Waals surface area contributed by atoms with Crippen LogP contribution in [0, 0.1) is 17.6 Å². The van der Waals surface area contributed by atoms with Gasteiger partial charge in [-0.25, -0.2) is 17.2 Å². The van der Waals surface area contributed by atoms with Gasteiger partial charge in [-0.3, -0.25) is 4.21 Å². The summed E-state index contributed by atoms with van der Waals surface area (Å²) in [5.74, 6) is -1.62. The molecule has 0 saturated carbocycles. The highest BCUT2D eigenvalue weighted by Gasteiger charge is 2.59. The van der Waals surface area contributed by atoms with Crippen LogP contribution in [0.15, 0.2) is 41.3 Å². The fourth-order valence-corrected chi connectivity index (χ4v) is 8.42. The number of fused-ring (bicyclic) bond motifs is 3. The highest BCUT2D eigenvalue weighted by Crippen LogP contribution is 2.53. The molecule has 0 aliphatic carbocycles. The van der Waals surface area contributed by atoms with Crippen molar-refractivity contribution in [3.8, 4) is 5.75 Å². The molecule has 5 nitrogen and oxygen atoms in total. The van der Waals surface area contributed by atoms with Crippen LogP contribution in [-0.2, 0) is 30.1 Å². The first-order chi connectivity index (χ1) is 15.7. The third-order valence-electron chi connectivity index (χ3n) is 6.52. The lowest BCUT2D eigenvalue weighted by molar-refractivity contribution is -0.00653. The predicted octanol–water partition coefficient (Wildman–Crippen LogP) is 4.63. The molecule has 0 spiro atoms. The second-order valence-corrected chi connectivity index (χ2v) is 13.1.